The molecule has 4 N–H and O–H groups in total. The van der Waals surface area contributed by atoms with Crippen molar-refractivity contribution in [1.82, 2.24) is 0 Å². The van der Waals surface area contributed by atoms with Crippen LogP contribution in [-0.2, 0) is 4.79 Å². The van der Waals surface area contributed by atoms with Crippen LogP contribution in [0.1, 0.15) is 11.5 Å². The first-order valence-electron chi connectivity index (χ1n) is 4.08. The smallest absolute Gasteiger partial charge is 0.312 e. The number of rotatable bonds is 3. The lowest BCUT2D eigenvalue weighted by Crippen LogP contribution is -2.21. The van der Waals surface area contributed by atoms with Gasteiger partial charge in [-0.3, -0.25) is 4.79 Å². The number of benzene rings is 1. The number of aliphatic carboxylic acids is 1. The Labute approximate surface area is 93.6 Å². The Bertz CT molecular complexity index is 397. The summed E-state index contributed by atoms with van der Waals surface area (Å²) in [6.07, 6.45) is 0. The van der Waals surface area contributed by atoms with Crippen LogP contribution in [0.3, 0.4) is 0 Å². The number of carboxylic acids is 1. The molecule has 0 spiro atoms. The van der Waals surface area contributed by atoms with Crippen LogP contribution >= 0.6 is 15.9 Å². The monoisotopic (exact) mass is 277 g/mol. The number of aromatic hydroxyl groups is 1. The molecule has 0 aliphatic carbocycles. The maximum Gasteiger partial charge on any atom is 0.312 e. The molecule has 0 saturated carbocycles. The van der Waals surface area contributed by atoms with Gasteiger partial charge in [-0.25, -0.2) is 4.39 Å². The van der Waals surface area contributed by atoms with E-state index in [4.69, 9.17) is 10.8 Å². The summed E-state index contributed by atoms with van der Waals surface area (Å²) in [4.78, 5) is 10.8. The summed E-state index contributed by atoms with van der Waals surface area (Å²) in [6, 6.07) is 2.37. The molecule has 0 heterocycles. The summed E-state index contributed by atoms with van der Waals surface area (Å²) in [5.41, 5.74) is 5.22. The van der Waals surface area contributed by atoms with E-state index in [1.807, 2.05) is 0 Å². The van der Waals surface area contributed by atoms with E-state index in [0.29, 0.717) is 4.47 Å². The molecular weight excluding hydrogens is 269 g/mol. The van der Waals surface area contributed by atoms with Gasteiger partial charge in [-0.05, 0) is 12.1 Å². The number of carbonyl (C=O) groups is 1. The number of hydrogen-bond donors (Lipinski definition) is 3. The average molecular weight is 278 g/mol. The predicted octanol–water partition coefficient (Wildman–Crippen LogP) is 1.42. The number of halogens is 2. The zero-order chi connectivity index (χ0) is 11.6. The maximum atomic E-state index is 13.0. The fourth-order valence-electron chi connectivity index (χ4n) is 1.23. The third kappa shape index (κ3) is 2.27. The first-order chi connectivity index (χ1) is 6.99. The van der Waals surface area contributed by atoms with Crippen molar-refractivity contribution < 1.29 is 19.4 Å². The largest absolute Gasteiger partial charge is 0.505 e. The van der Waals surface area contributed by atoms with Crippen LogP contribution in [-0.4, -0.2) is 22.7 Å². The van der Waals surface area contributed by atoms with E-state index in [9.17, 15) is 14.3 Å². The molecule has 0 aromatic heterocycles. The number of phenolic OH excluding ortho intramolecular Hbond substituents is 1. The van der Waals surface area contributed by atoms with E-state index < -0.39 is 23.5 Å². The minimum absolute atomic E-state index is 0.0370. The highest BCUT2D eigenvalue weighted by atomic mass is 79.9. The maximum absolute atomic E-state index is 13.0. The van der Waals surface area contributed by atoms with Gasteiger partial charge in [0.2, 0.25) is 0 Å². The fourth-order valence-corrected chi connectivity index (χ4v) is 1.83. The predicted molar refractivity (Wildman–Crippen MR) is 55.2 cm³/mol. The topological polar surface area (TPSA) is 83.6 Å². The van der Waals surface area contributed by atoms with Crippen molar-refractivity contribution in [2.24, 2.45) is 5.73 Å². The van der Waals surface area contributed by atoms with Crippen molar-refractivity contribution >= 4 is 21.9 Å². The molecule has 1 aromatic carbocycles. The number of phenols is 1. The van der Waals surface area contributed by atoms with Crippen molar-refractivity contribution in [3.05, 3.63) is 28.0 Å². The van der Waals surface area contributed by atoms with E-state index in [1.54, 1.807) is 0 Å². The number of hydrogen-bond acceptors (Lipinski definition) is 3. The van der Waals surface area contributed by atoms with Crippen LogP contribution in [0.5, 0.6) is 5.75 Å². The summed E-state index contributed by atoms with van der Waals surface area (Å²) in [5.74, 6) is -3.88. The summed E-state index contributed by atoms with van der Waals surface area (Å²) < 4.78 is 13.3. The van der Waals surface area contributed by atoms with Crippen molar-refractivity contribution in [3.63, 3.8) is 0 Å². The zero-order valence-corrected chi connectivity index (χ0v) is 9.16. The van der Waals surface area contributed by atoms with Crippen molar-refractivity contribution in [1.29, 1.82) is 0 Å². The van der Waals surface area contributed by atoms with Gasteiger partial charge in [-0.2, -0.15) is 0 Å². The van der Waals surface area contributed by atoms with E-state index in [-0.39, 0.29) is 12.1 Å². The molecule has 1 atom stereocenters. The molecule has 1 aromatic rings. The molecule has 0 saturated heterocycles. The van der Waals surface area contributed by atoms with Gasteiger partial charge in [-0.15, -0.1) is 0 Å². The van der Waals surface area contributed by atoms with Crippen LogP contribution in [0.25, 0.3) is 0 Å². The van der Waals surface area contributed by atoms with Crippen LogP contribution in [0.4, 0.5) is 4.39 Å². The van der Waals surface area contributed by atoms with E-state index in [0.717, 1.165) is 6.07 Å². The Morgan fingerprint density at radius 1 is 1.60 bits per heavy atom. The lowest BCUT2D eigenvalue weighted by Gasteiger charge is -2.14. The fraction of sp³-hybridized carbons (Fsp3) is 0.222. The molecule has 82 valence electrons. The zero-order valence-electron chi connectivity index (χ0n) is 7.58. The molecule has 1 unspecified atom stereocenters. The van der Waals surface area contributed by atoms with Crippen molar-refractivity contribution in [3.8, 4) is 5.75 Å². The molecule has 15 heavy (non-hydrogen) atoms. The number of nitrogens with two attached hydrogens (primary N) is 1. The quantitative estimate of drug-likeness (QED) is 0.780. The minimum atomic E-state index is -1.21. The second-order valence-corrected chi connectivity index (χ2v) is 3.77. The van der Waals surface area contributed by atoms with Gasteiger partial charge in [0.1, 0.15) is 0 Å². The highest BCUT2D eigenvalue weighted by molar-refractivity contribution is 9.10. The Balaban J connectivity index is 3.34. The normalized spacial score (nSPS) is 12.5. The molecule has 0 aliphatic rings. The molecule has 0 amide bonds. The molecule has 0 aliphatic heterocycles. The first-order valence-corrected chi connectivity index (χ1v) is 4.88. The van der Waals surface area contributed by atoms with Crippen LogP contribution in [0.2, 0.25) is 0 Å². The summed E-state index contributed by atoms with van der Waals surface area (Å²) >= 11 is 3.05. The van der Waals surface area contributed by atoms with Gasteiger partial charge < -0.3 is 15.9 Å². The second kappa shape index (κ2) is 4.59. The van der Waals surface area contributed by atoms with Crippen molar-refractivity contribution in [2.45, 2.75) is 5.92 Å². The lowest BCUT2D eigenvalue weighted by molar-refractivity contribution is -0.138. The molecular formula is C9H9BrFNO3. The van der Waals surface area contributed by atoms with E-state index >= 15 is 0 Å². The highest BCUT2D eigenvalue weighted by Gasteiger charge is 2.25. The summed E-state index contributed by atoms with van der Waals surface area (Å²) in [5, 5.41) is 18.2. The highest BCUT2D eigenvalue weighted by Crippen LogP contribution is 2.34. The lowest BCUT2D eigenvalue weighted by atomic mass is 9.98. The molecule has 1 rings (SSSR count). The van der Waals surface area contributed by atoms with Crippen molar-refractivity contribution in [2.75, 3.05) is 6.54 Å². The standard InChI is InChI=1S/C9H9BrFNO3/c10-5-1-2-6(11)8(13)7(5)4(3-12)9(14)15/h1-2,4,13H,3,12H2,(H,14,15). The van der Waals surface area contributed by atoms with Gasteiger partial charge in [0.15, 0.2) is 11.6 Å². The Kier molecular flexibility index (Phi) is 3.65. The SMILES string of the molecule is NCC(C(=O)O)c1c(Br)ccc(F)c1O. The molecule has 4 nitrogen and oxygen atoms in total. The molecule has 0 radical (unpaired) electrons. The van der Waals surface area contributed by atoms with Gasteiger partial charge in [0.25, 0.3) is 0 Å². The van der Waals surface area contributed by atoms with Crippen LogP contribution in [0, 0.1) is 5.82 Å². The average Bonchev–Trinajstić information content (AvgIpc) is 2.18. The molecule has 6 heteroatoms. The van der Waals surface area contributed by atoms with E-state index in [1.165, 1.54) is 6.07 Å². The third-order valence-electron chi connectivity index (χ3n) is 2.00. The minimum Gasteiger partial charge on any atom is -0.505 e. The molecule has 0 bridgehead atoms. The van der Waals surface area contributed by atoms with Gasteiger partial charge in [0, 0.05) is 16.6 Å². The Morgan fingerprint density at radius 3 is 2.67 bits per heavy atom. The van der Waals surface area contributed by atoms with Gasteiger partial charge in [-0.1, -0.05) is 15.9 Å². The van der Waals surface area contributed by atoms with Crippen LogP contribution < -0.4 is 5.73 Å². The first kappa shape index (κ1) is 11.9. The Hall–Kier alpha value is -1.14. The van der Waals surface area contributed by atoms with Gasteiger partial charge in [0.05, 0.1) is 5.92 Å². The van der Waals surface area contributed by atoms with Crippen LogP contribution in [0.15, 0.2) is 16.6 Å². The Morgan fingerprint density at radius 2 is 2.20 bits per heavy atom. The second-order valence-electron chi connectivity index (χ2n) is 2.92. The van der Waals surface area contributed by atoms with E-state index in [2.05, 4.69) is 15.9 Å². The van der Waals surface area contributed by atoms with Gasteiger partial charge >= 0.3 is 5.97 Å². The molecule has 0 fully saturated rings. The number of carboxylic acid groups (broad SMARTS) is 1. The summed E-state index contributed by atoms with van der Waals surface area (Å²) in [7, 11) is 0. The summed E-state index contributed by atoms with van der Waals surface area (Å²) in [6.45, 7) is -0.217. The third-order valence-corrected chi connectivity index (χ3v) is 2.69.